The molecule has 0 aliphatic rings. The molecule has 6 nitrogen and oxygen atoms in total. The van der Waals surface area contributed by atoms with Gasteiger partial charge in [-0.25, -0.2) is 0 Å². The number of nitro groups is 1. The van der Waals surface area contributed by atoms with Gasteiger partial charge in [0.1, 0.15) is 0 Å². The summed E-state index contributed by atoms with van der Waals surface area (Å²) in [5.74, 6) is -0.157. The number of nitrogens with zero attached hydrogens (tertiary/aromatic N) is 3. The second kappa shape index (κ2) is 8.47. The molecule has 138 valence electrons. The van der Waals surface area contributed by atoms with Crippen LogP contribution in [-0.2, 0) is 6.54 Å². The summed E-state index contributed by atoms with van der Waals surface area (Å²) in [6.07, 6.45) is 0. The molecule has 0 spiro atoms. The van der Waals surface area contributed by atoms with E-state index < -0.39 is 4.92 Å². The molecule has 26 heavy (non-hydrogen) atoms. The van der Waals surface area contributed by atoms with Crippen LogP contribution in [0.2, 0.25) is 0 Å². The maximum Gasteiger partial charge on any atom is 0.272 e. The van der Waals surface area contributed by atoms with Crippen LogP contribution in [0.25, 0.3) is 0 Å². The van der Waals surface area contributed by atoms with Crippen molar-refractivity contribution in [3.63, 3.8) is 0 Å². The third kappa shape index (κ3) is 4.39. The van der Waals surface area contributed by atoms with Gasteiger partial charge in [0.2, 0.25) is 0 Å². The zero-order chi connectivity index (χ0) is 19.3. The van der Waals surface area contributed by atoms with Crippen LogP contribution in [0.4, 0.5) is 11.4 Å². The van der Waals surface area contributed by atoms with Crippen LogP contribution >= 0.6 is 0 Å². The van der Waals surface area contributed by atoms with Gasteiger partial charge in [-0.2, -0.15) is 0 Å². The molecule has 1 amide bonds. The molecular weight excluding hydrogens is 330 g/mol. The molecule has 0 aliphatic heterocycles. The molecule has 2 aromatic carbocycles. The number of amides is 1. The molecule has 0 saturated heterocycles. The second-order valence-electron chi connectivity index (χ2n) is 6.26. The van der Waals surface area contributed by atoms with E-state index in [9.17, 15) is 14.9 Å². The molecule has 0 unspecified atom stereocenters. The maximum atomic E-state index is 12.6. The molecule has 0 saturated carbocycles. The SMILES string of the molecule is CCN(CC)c1ccc(CN(C)C(=O)c2ccc([N+](=O)[O-])c(C)c2)cc1. The van der Waals surface area contributed by atoms with Crippen LogP contribution in [0, 0.1) is 17.0 Å². The zero-order valence-corrected chi connectivity index (χ0v) is 15.7. The maximum absolute atomic E-state index is 12.6. The minimum Gasteiger partial charge on any atom is -0.372 e. The summed E-state index contributed by atoms with van der Waals surface area (Å²) in [4.78, 5) is 26.9. The third-order valence-corrected chi connectivity index (χ3v) is 4.47. The van der Waals surface area contributed by atoms with E-state index in [1.54, 1.807) is 24.9 Å². The Morgan fingerprint density at radius 3 is 2.19 bits per heavy atom. The zero-order valence-electron chi connectivity index (χ0n) is 15.7. The smallest absolute Gasteiger partial charge is 0.272 e. The van der Waals surface area contributed by atoms with Crippen molar-refractivity contribution >= 4 is 17.3 Å². The Bertz CT molecular complexity index is 783. The van der Waals surface area contributed by atoms with E-state index in [1.807, 2.05) is 12.1 Å². The van der Waals surface area contributed by atoms with Gasteiger partial charge in [0.05, 0.1) is 4.92 Å². The first-order valence-corrected chi connectivity index (χ1v) is 8.71. The predicted molar refractivity (Wildman–Crippen MR) is 104 cm³/mol. The fraction of sp³-hybridized carbons (Fsp3) is 0.350. The fourth-order valence-electron chi connectivity index (χ4n) is 2.96. The number of hydrogen-bond donors (Lipinski definition) is 0. The minimum atomic E-state index is -0.440. The Morgan fingerprint density at radius 1 is 1.08 bits per heavy atom. The van der Waals surface area contributed by atoms with Crippen molar-refractivity contribution < 1.29 is 9.72 Å². The molecule has 0 atom stereocenters. The van der Waals surface area contributed by atoms with Crippen molar-refractivity contribution in [2.45, 2.75) is 27.3 Å². The lowest BCUT2D eigenvalue weighted by Gasteiger charge is -2.22. The molecule has 0 radical (unpaired) electrons. The van der Waals surface area contributed by atoms with Crippen molar-refractivity contribution in [3.8, 4) is 0 Å². The van der Waals surface area contributed by atoms with Crippen molar-refractivity contribution in [1.29, 1.82) is 0 Å². The normalized spacial score (nSPS) is 10.5. The molecule has 2 aromatic rings. The summed E-state index contributed by atoms with van der Waals surface area (Å²) in [7, 11) is 1.73. The van der Waals surface area contributed by atoms with E-state index in [2.05, 4.69) is 30.9 Å². The topological polar surface area (TPSA) is 66.7 Å². The summed E-state index contributed by atoms with van der Waals surface area (Å²) in [5, 5.41) is 10.9. The van der Waals surface area contributed by atoms with Gasteiger partial charge in [-0.15, -0.1) is 0 Å². The summed E-state index contributed by atoms with van der Waals surface area (Å²) >= 11 is 0. The van der Waals surface area contributed by atoms with Crippen LogP contribution in [0.15, 0.2) is 42.5 Å². The number of carbonyl (C=O) groups excluding carboxylic acids is 1. The highest BCUT2D eigenvalue weighted by Crippen LogP contribution is 2.20. The van der Waals surface area contributed by atoms with Crippen molar-refractivity contribution in [2.24, 2.45) is 0 Å². The van der Waals surface area contributed by atoms with Gasteiger partial charge in [0, 0.05) is 49.6 Å². The quantitative estimate of drug-likeness (QED) is 0.556. The summed E-state index contributed by atoms with van der Waals surface area (Å²) in [5.41, 5.74) is 3.17. The standard InChI is InChI=1S/C20H25N3O3/c1-5-22(6-2)18-10-7-16(8-11-18)14-21(4)20(24)17-9-12-19(23(25)26)15(3)13-17/h7-13H,5-6,14H2,1-4H3. The van der Waals surface area contributed by atoms with Gasteiger partial charge in [0.25, 0.3) is 11.6 Å². The van der Waals surface area contributed by atoms with Crippen molar-refractivity contribution in [3.05, 3.63) is 69.3 Å². The summed E-state index contributed by atoms with van der Waals surface area (Å²) in [6.45, 7) is 8.27. The van der Waals surface area contributed by atoms with Gasteiger partial charge in [-0.1, -0.05) is 12.1 Å². The average Bonchev–Trinajstić information content (AvgIpc) is 2.63. The molecule has 0 heterocycles. The lowest BCUT2D eigenvalue weighted by Crippen LogP contribution is -2.26. The Morgan fingerprint density at radius 2 is 1.69 bits per heavy atom. The van der Waals surface area contributed by atoms with E-state index in [4.69, 9.17) is 0 Å². The van der Waals surface area contributed by atoms with Crippen LogP contribution in [0.5, 0.6) is 0 Å². The van der Waals surface area contributed by atoms with E-state index in [0.29, 0.717) is 17.7 Å². The van der Waals surface area contributed by atoms with Gasteiger partial charge >= 0.3 is 0 Å². The monoisotopic (exact) mass is 355 g/mol. The Hall–Kier alpha value is -2.89. The molecule has 0 aromatic heterocycles. The van der Waals surface area contributed by atoms with E-state index in [-0.39, 0.29) is 11.6 Å². The first-order chi connectivity index (χ1) is 12.4. The minimum absolute atomic E-state index is 0.0243. The van der Waals surface area contributed by atoms with Crippen LogP contribution in [0.1, 0.15) is 35.3 Å². The molecular formula is C20H25N3O3. The van der Waals surface area contributed by atoms with Crippen LogP contribution < -0.4 is 4.90 Å². The van der Waals surface area contributed by atoms with E-state index in [1.165, 1.54) is 17.8 Å². The van der Waals surface area contributed by atoms with E-state index >= 15 is 0 Å². The van der Waals surface area contributed by atoms with Crippen molar-refractivity contribution in [1.82, 2.24) is 4.90 Å². The van der Waals surface area contributed by atoms with Gasteiger partial charge in [0.15, 0.2) is 0 Å². The van der Waals surface area contributed by atoms with Crippen molar-refractivity contribution in [2.75, 3.05) is 25.0 Å². The molecule has 0 fully saturated rings. The number of hydrogen-bond acceptors (Lipinski definition) is 4. The third-order valence-electron chi connectivity index (χ3n) is 4.47. The Balaban J connectivity index is 2.09. The highest BCUT2D eigenvalue weighted by molar-refractivity contribution is 5.94. The number of nitro benzene ring substituents is 1. The van der Waals surface area contributed by atoms with Gasteiger partial charge in [-0.05, 0) is 50.6 Å². The summed E-state index contributed by atoms with van der Waals surface area (Å²) in [6, 6.07) is 12.6. The molecule has 2 rings (SSSR count). The predicted octanol–water partition coefficient (Wildman–Crippen LogP) is 4.02. The Kier molecular flexibility index (Phi) is 6.33. The molecule has 0 N–H and O–H groups in total. The molecule has 0 aliphatic carbocycles. The number of aryl methyl sites for hydroxylation is 1. The fourth-order valence-corrected chi connectivity index (χ4v) is 2.96. The highest BCUT2D eigenvalue weighted by atomic mass is 16.6. The number of benzene rings is 2. The lowest BCUT2D eigenvalue weighted by molar-refractivity contribution is -0.385. The number of rotatable bonds is 7. The first kappa shape index (κ1) is 19.4. The van der Waals surface area contributed by atoms with Gasteiger partial charge in [-0.3, -0.25) is 14.9 Å². The molecule has 0 bridgehead atoms. The molecule has 6 heteroatoms. The van der Waals surface area contributed by atoms with Gasteiger partial charge < -0.3 is 9.80 Å². The number of anilines is 1. The second-order valence-corrected chi connectivity index (χ2v) is 6.26. The Labute approximate surface area is 154 Å². The van der Waals surface area contributed by atoms with Crippen LogP contribution in [-0.4, -0.2) is 35.9 Å². The van der Waals surface area contributed by atoms with Crippen LogP contribution in [0.3, 0.4) is 0 Å². The summed E-state index contributed by atoms with van der Waals surface area (Å²) < 4.78 is 0. The first-order valence-electron chi connectivity index (χ1n) is 8.71. The average molecular weight is 355 g/mol. The lowest BCUT2D eigenvalue weighted by atomic mass is 10.1. The largest absolute Gasteiger partial charge is 0.372 e. The van der Waals surface area contributed by atoms with E-state index in [0.717, 1.165) is 18.7 Å². The number of carbonyl (C=O) groups is 1. The highest BCUT2D eigenvalue weighted by Gasteiger charge is 2.16.